The maximum absolute atomic E-state index is 14.6. The second-order valence-corrected chi connectivity index (χ2v) is 11.6. The molecule has 1 aliphatic carbocycles. The normalized spacial score (nSPS) is 20.0. The molecule has 1 heterocycles. The number of carbonyl (C=O) groups is 3. The van der Waals surface area contributed by atoms with E-state index in [1.54, 1.807) is 4.90 Å². The lowest BCUT2D eigenvalue weighted by Gasteiger charge is -2.37. The number of hydrogen-bond acceptors (Lipinski definition) is 6. The number of hydrogen-bond donors (Lipinski definition) is 4. The summed E-state index contributed by atoms with van der Waals surface area (Å²) < 4.78 is 33.9. The SMILES string of the molecule is COC(=O)NC1Cc2ccccc2N(C(=O)CC(C)(C)C[C@H](N)[C@@H](O)CNC(=O)C(F)(F)C2CCCCC2)C1. The van der Waals surface area contributed by atoms with Crippen molar-refractivity contribution in [3.63, 3.8) is 0 Å². The first-order valence-corrected chi connectivity index (χ1v) is 13.7. The molecule has 9 nitrogen and oxygen atoms in total. The van der Waals surface area contributed by atoms with Gasteiger partial charge in [0.15, 0.2) is 0 Å². The number of nitrogens with one attached hydrogen (secondary N) is 2. The number of halogens is 2. The summed E-state index contributed by atoms with van der Waals surface area (Å²) in [6.45, 7) is 3.56. The molecule has 0 radical (unpaired) electrons. The highest BCUT2D eigenvalue weighted by Crippen LogP contribution is 2.37. The first-order valence-electron chi connectivity index (χ1n) is 13.7. The molecular formula is C28H42F2N4O5. The van der Waals surface area contributed by atoms with E-state index in [0.717, 1.165) is 17.7 Å². The van der Waals surface area contributed by atoms with Gasteiger partial charge in [0.05, 0.1) is 19.3 Å². The largest absolute Gasteiger partial charge is 0.453 e. The summed E-state index contributed by atoms with van der Waals surface area (Å²) >= 11 is 0. The van der Waals surface area contributed by atoms with Gasteiger partial charge >= 0.3 is 12.0 Å². The van der Waals surface area contributed by atoms with E-state index in [1.807, 2.05) is 38.1 Å². The molecule has 0 spiro atoms. The highest BCUT2D eigenvalue weighted by molar-refractivity contribution is 5.95. The summed E-state index contributed by atoms with van der Waals surface area (Å²) in [5, 5.41) is 15.5. The van der Waals surface area contributed by atoms with Crippen LogP contribution in [0.2, 0.25) is 0 Å². The smallest absolute Gasteiger partial charge is 0.407 e. The van der Waals surface area contributed by atoms with Gasteiger partial charge in [-0.05, 0) is 42.7 Å². The summed E-state index contributed by atoms with van der Waals surface area (Å²) in [6.07, 6.45) is 1.92. The van der Waals surface area contributed by atoms with Gasteiger partial charge in [0.2, 0.25) is 5.91 Å². The zero-order chi connectivity index (χ0) is 28.8. The van der Waals surface area contributed by atoms with Crippen molar-refractivity contribution in [2.24, 2.45) is 17.1 Å². The minimum absolute atomic E-state index is 0.0960. The van der Waals surface area contributed by atoms with Crippen LogP contribution in [0, 0.1) is 11.3 Å². The molecule has 3 atom stereocenters. The molecule has 218 valence electrons. The van der Waals surface area contributed by atoms with Gasteiger partial charge in [0, 0.05) is 37.2 Å². The first kappa shape index (κ1) is 30.7. The Hall–Kier alpha value is -2.79. The number of benzene rings is 1. The van der Waals surface area contributed by atoms with Gasteiger partial charge in [-0.15, -0.1) is 0 Å². The third-order valence-corrected chi connectivity index (χ3v) is 7.76. The molecule has 0 saturated heterocycles. The number of alkyl carbamates (subject to hydrolysis) is 1. The zero-order valence-corrected chi connectivity index (χ0v) is 23.1. The molecule has 1 fully saturated rings. The van der Waals surface area contributed by atoms with Crippen LogP contribution in [0.5, 0.6) is 0 Å². The minimum Gasteiger partial charge on any atom is -0.453 e. The van der Waals surface area contributed by atoms with E-state index in [4.69, 9.17) is 10.5 Å². The average molecular weight is 553 g/mol. The Morgan fingerprint density at radius 1 is 1.18 bits per heavy atom. The fourth-order valence-electron chi connectivity index (χ4n) is 5.62. The quantitative estimate of drug-likeness (QED) is 0.352. The number of amides is 3. The van der Waals surface area contributed by atoms with Crippen LogP contribution < -0.4 is 21.3 Å². The van der Waals surface area contributed by atoms with Crippen molar-refractivity contribution in [3.05, 3.63) is 29.8 Å². The van der Waals surface area contributed by atoms with Crippen LogP contribution >= 0.6 is 0 Å². The highest BCUT2D eigenvalue weighted by Gasteiger charge is 2.47. The summed E-state index contributed by atoms with van der Waals surface area (Å²) in [6, 6.07) is 6.31. The molecule has 3 amide bonds. The third kappa shape index (κ3) is 8.11. The number of aliphatic hydroxyl groups is 1. The Morgan fingerprint density at radius 3 is 2.51 bits per heavy atom. The van der Waals surface area contributed by atoms with Gasteiger partial charge < -0.3 is 31.1 Å². The number of anilines is 1. The van der Waals surface area contributed by atoms with Crippen LogP contribution in [-0.2, 0) is 20.7 Å². The Labute approximate surface area is 228 Å². The van der Waals surface area contributed by atoms with E-state index in [1.165, 1.54) is 7.11 Å². The van der Waals surface area contributed by atoms with Crippen molar-refractivity contribution >= 4 is 23.6 Å². The first-order chi connectivity index (χ1) is 18.3. The van der Waals surface area contributed by atoms with E-state index in [9.17, 15) is 28.3 Å². The molecule has 1 unspecified atom stereocenters. The maximum Gasteiger partial charge on any atom is 0.407 e. The Morgan fingerprint density at radius 2 is 1.85 bits per heavy atom. The van der Waals surface area contributed by atoms with Crippen LogP contribution in [0.3, 0.4) is 0 Å². The molecule has 1 aliphatic heterocycles. The zero-order valence-electron chi connectivity index (χ0n) is 23.1. The monoisotopic (exact) mass is 552 g/mol. The lowest BCUT2D eigenvalue weighted by Crippen LogP contribution is -2.52. The Balaban J connectivity index is 1.56. The molecule has 39 heavy (non-hydrogen) atoms. The molecule has 0 bridgehead atoms. The van der Waals surface area contributed by atoms with Crippen molar-refractivity contribution in [2.75, 3.05) is 25.1 Å². The van der Waals surface area contributed by atoms with Gasteiger partial charge in [-0.3, -0.25) is 9.59 Å². The number of fused-ring (bicyclic) bond motifs is 1. The molecule has 3 rings (SSSR count). The predicted molar refractivity (Wildman–Crippen MR) is 143 cm³/mol. The van der Waals surface area contributed by atoms with Crippen LogP contribution in [0.15, 0.2) is 24.3 Å². The minimum atomic E-state index is -3.48. The number of aliphatic hydroxyl groups excluding tert-OH is 1. The highest BCUT2D eigenvalue weighted by atomic mass is 19.3. The summed E-state index contributed by atoms with van der Waals surface area (Å²) in [4.78, 5) is 39.1. The molecule has 1 aromatic rings. The number of nitrogens with two attached hydrogens (primary N) is 1. The number of methoxy groups -OCH3 is 1. The van der Waals surface area contributed by atoms with Crippen molar-refractivity contribution in [1.82, 2.24) is 10.6 Å². The number of para-hydroxylation sites is 1. The van der Waals surface area contributed by atoms with Crippen LogP contribution in [0.1, 0.15) is 64.4 Å². The van der Waals surface area contributed by atoms with Gasteiger partial charge in [0.1, 0.15) is 0 Å². The number of carbonyl (C=O) groups excluding carboxylic acids is 3. The van der Waals surface area contributed by atoms with Crippen LogP contribution in [0.25, 0.3) is 0 Å². The number of rotatable bonds is 10. The van der Waals surface area contributed by atoms with Gasteiger partial charge in [-0.25, -0.2) is 4.79 Å². The Kier molecular flexibility index (Phi) is 10.3. The van der Waals surface area contributed by atoms with E-state index in [-0.39, 0.29) is 31.3 Å². The maximum atomic E-state index is 14.6. The van der Waals surface area contributed by atoms with Gasteiger partial charge in [0.25, 0.3) is 5.91 Å². The van der Waals surface area contributed by atoms with Gasteiger partial charge in [-0.1, -0.05) is 51.3 Å². The molecule has 5 N–H and O–H groups in total. The molecule has 1 saturated carbocycles. The van der Waals surface area contributed by atoms with Crippen LogP contribution in [0.4, 0.5) is 19.3 Å². The number of nitrogens with zero attached hydrogens (tertiary/aromatic N) is 1. The Bertz CT molecular complexity index is 1020. The van der Waals surface area contributed by atoms with E-state index in [0.29, 0.717) is 32.1 Å². The van der Waals surface area contributed by atoms with E-state index < -0.39 is 47.9 Å². The third-order valence-electron chi connectivity index (χ3n) is 7.76. The lowest BCUT2D eigenvalue weighted by atomic mass is 9.80. The van der Waals surface area contributed by atoms with Crippen molar-refractivity contribution < 1.29 is 33.0 Å². The number of ether oxygens (including phenoxy) is 1. The predicted octanol–water partition coefficient (Wildman–Crippen LogP) is 3.13. The molecular weight excluding hydrogens is 510 g/mol. The fraction of sp³-hybridized carbons (Fsp3) is 0.679. The summed E-state index contributed by atoms with van der Waals surface area (Å²) in [5.41, 5.74) is 7.23. The fourth-order valence-corrected chi connectivity index (χ4v) is 5.62. The van der Waals surface area contributed by atoms with Crippen molar-refractivity contribution in [3.8, 4) is 0 Å². The lowest BCUT2D eigenvalue weighted by molar-refractivity contribution is -0.156. The second kappa shape index (κ2) is 13.0. The van der Waals surface area contributed by atoms with Crippen LogP contribution in [-0.4, -0.2) is 67.3 Å². The van der Waals surface area contributed by atoms with E-state index in [2.05, 4.69) is 10.6 Å². The van der Waals surface area contributed by atoms with Gasteiger partial charge in [-0.2, -0.15) is 8.78 Å². The summed E-state index contributed by atoms with van der Waals surface area (Å²) in [5.74, 6) is -6.02. The molecule has 11 heteroatoms. The average Bonchev–Trinajstić information content (AvgIpc) is 2.90. The van der Waals surface area contributed by atoms with Crippen molar-refractivity contribution in [2.45, 2.75) is 89.3 Å². The van der Waals surface area contributed by atoms with E-state index >= 15 is 0 Å². The molecule has 1 aromatic carbocycles. The number of alkyl halides is 2. The topological polar surface area (TPSA) is 134 Å². The standard InChI is InChI=1S/C28H42F2N4O5/c1-27(2,14-21(31)23(35)16-32-25(37)28(29,30)19-10-5-4-6-11-19)15-24(36)34-17-20(33-26(38)39-3)13-18-9-7-8-12-22(18)34/h7-9,12,19-21,23,35H,4-6,10-11,13-17,31H2,1-3H3,(H,32,37)(H,33,38)/t20?,21-,23-/m0/s1. The second-order valence-electron chi connectivity index (χ2n) is 11.6. The van der Waals surface area contributed by atoms with Crippen molar-refractivity contribution in [1.29, 1.82) is 0 Å². The molecule has 0 aromatic heterocycles. The molecule has 2 aliphatic rings. The summed E-state index contributed by atoms with van der Waals surface area (Å²) in [7, 11) is 1.28.